The summed E-state index contributed by atoms with van der Waals surface area (Å²) in [5.41, 5.74) is 0. The van der Waals surface area contributed by atoms with E-state index < -0.39 is 0 Å². The highest BCUT2D eigenvalue weighted by atomic mass is 16.5. The maximum atomic E-state index is 12.6. The minimum absolute atomic E-state index is 0.130. The van der Waals surface area contributed by atoms with Gasteiger partial charge in [-0.05, 0) is 12.8 Å². The van der Waals surface area contributed by atoms with E-state index in [1.54, 1.807) is 0 Å². The van der Waals surface area contributed by atoms with Crippen molar-refractivity contribution < 1.29 is 18.8 Å². The second kappa shape index (κ2) is 4.88. The van der Waals surface area contributed by atoms with Crippen LogP contribution in [0.4, 0.5) is 4.79 Å². The lowest BCUT2D eigenvalue weighted by Crippen LogP contribution is -2.55. The number of quaternary nitrogens is 1. The standard InChI is InChI=1S/C13H23N2O3/c1-10(2)11(12(16)14-6-4-5-7-14)15(8-9-15)13(17)18-3/h10-11H,4-9H2,1-3H3/q+1. The van der Waals surface area contributed by atoms with Crippen molar-refractivity contribution >= 4 is 12.0 Å². The molecule has 2 aliphatic heterocycles. The molecule has 2 heterocycles. The molecule has 0 N–H and O–H groups in total. The normalized spacial score (nSPS) is 23.0. The zero-order valence-electron chi connectivity index (χ0n) is 11.5. The predicted octanol–water partition coefficient (Wildman–Crippen LogP) is 1.23. The van der Waals surface area contributed by atoms with Gasteiger partial charge in [-0.15, -0.1) is 0 Å². The van der Waals surface area contributed by atoms with Crippen LogP contribution in [0, 0.1) is 5.92 Å². The van der Waals surface area contributed by atoms with Gasteiger partial charge in [-0.3, -0.25) is 4.79 Å². The summed E-state index contributed by atoms with van der Waals surface area (Å²) in [6.07, 6.45) is 1.89. The molecule has 2 fully saturated rings. The van der Waals surface area contributed by atoms with Crippen molar-refractivity contribution in [2.24, 2.45) is 5.92 Å². The van der Waals surface area contributed by atoms with E-state index in [0.29, 0.717) is 0 Å². The molecule has 5 nitrogen and oxygen atoms in total. The van der Waals surface area contributed by atoms with E-state index in [4.69, 9.17) is 4.74 Å². The zero-order chi connectivity index (χ0) is 13.3. The Balaban J connectivity index is 2.18. The minimum atomic E-state index is -0.268. The fourth-order valence-electron chi connectivity index (χ4n) is 3.06. The Morgan fingerprint density at radius 3 is 2.11 bits per heavy atom. The topological polar surface area (TPSA) is 46.6 Å². The fraction of sp³-hybridized carbons (Fsp3) is 0.846. The predicted molar refractivity (Wildman–Crippen MR) is 66.8 cm³/mol. The van der Waals surface area contributed by atoms with Gasteiger partial charge in [0.15, 0.2) is 6.04 Å². The Hall–Kier alpha value is -1.10. The van der Waals surface area contributed by atoms with Crippen LogP contribution in [-0.2, 0) is 9.53 Å². The van der Waals surface area contributed by atoms with Gasteiger partial charge >= 0.3 is 6.09 Å². The van der Waals surface area contributed by atoms with Crippen LogP contribution in [0.3, 0.4) is 0 Å². The van der Waals surface area contributed by atoms with Crippen molar-refractivity contribution in [1.29, 1.82) is 0 Å². The minimum Gasteiger partial charge on any atom is -0.423 e. The molecule has 1 unspecified atom stereocenters. The van der Waals surface area contributed by atoms with E-state index in [1.165, 1.54) is 7.11 Å². The van der Waals surface area contributed by atoms with E-state index in [-0.39, 0.29) is 28.4 Å². The quantitative estimate of drug-likeness (QED) is 0.563. The smallest absolute Gasteiger partial charge is 0.423 e. The molecule has 5 heteroatoms. The lowest BCUT2D eigenvalue weighted by atomic mass is 10.0. The van der Waals surface area contributed by atoms with Crippen molar-refractivity contribution in [2.75, 3.05) is 33.3 Å². The fourth-order valence-corrected chi connectivity index (χ4v) is 3.06. The Bertz CT molecular complexity index is 344. The molecule has 0 spiro atoms. The molecule has 1 atom stereocenters. The van der Waals surface area contributed by atoms with Crippen LogP contribution in [0.25, 0.3) is 0 Å². The molecule has 2 aliphatic rings. The molecule has 2 rings (SSSR count). The lowest BCUT2D eigenvalue weighted by Gasteiger charge is -2.30. The van der Waals surface area contributed by atoms with Gasteiger partial charge in [0, 0.05) is 19.0 Å². The van der Waals surface area contributed by atoms with E-state index in [0.717, 1.165) is 39.0 Å². The molecule has 2 saturated heterocycles. The van der Waals surface area contributed by atoms with Gasteiger partial charge in [0.25, 0.3) is 5.91 Å². The van der Waals surface area contributed by atoms with Crippen LogP contribution < -0.4 is 0 Å². The van der Waals surface area contributed by atoms with Crippen LogP contribution in [0.1, 0.15) is 26.7 Å². The lowest BCUT2D eigenvalue weighted by molar-refractivity contribution is -0.746. The number of likely N-dealkylation sites (tertiary alicyclic amines) is 1. The number of nitrogens with zero attached hydrogens (tertiary/aromatic N) is 2. The number of rotatable bonds is 3. The molecule has 0 radical (unpaired) electrons. The van der Waals surface area contributed by atoms with Crippen molar-refractivity contribution in [3.63, 3.8) is 0 Å². The molecule has 0 saturated carbocycles. The third-order valence-corrected chi connectivity index (χ3v) is 4.08. The summed E-state index contributed by atoms with van der Waals surface area (Å²) in [5.74, 6) is 0.283. The summed E-state index contributed by atoms with van der Waals surface area (Å²) in [7, 11) is 1.40. The first-order valence-corrected chi connectivity index (χ1v) is 6.77. The average Bonchev–Trinajstić information content (AvgIpc) is 2.93. The molecule has 18 heavy (non-hydrogen) atoms. The van der Waals surface area contributed by atoms with Gasteiger partial charge in [0.1, 0.15) is 13.1 Å². The second-order valence-electron chi connectivity index (χ2n) is 5.67. The highest BCUT2D eigenvalue weighted by Crippen LogP contribution is 2.33. The average molecular weight is 255 g/mol. The van der Waals surface area contributed by atoms with E-state index in [9.17, 15) is 9.59 Å². The highest BCUT2D eigenvalue weighted by Gasteiger charge is 2.61. The third-order valence-electron chi connectivity index (χ3n) is 4.08. The largest absolute Gasteiger partial charge is 0.516 e. The summed E-state index contributed by atoms with van der Waals surface area (Å²) in [5, 5.41) is 0. The van der Waals surface area contributed by atoms with Crippen LogP contribution >= 0.6 is 0 Å². The summed E-state index contributed by atoms with van der Waals surface area (Å²) in [4.78, 5) is 26.4. The molecular formula is C13H23N2O3+. The number of carbonyl (C=O) groups excluding carboxylic acids is 2. The third kappa shape index (κ3) is 2.11. The molecule has 0 aromatic heterocycles. The summed E-state index contributed by atoms with van der Waals surface area (Å²) in [6.45, 7) is 7.16. The Morgan fingerprint density at radius 2 is 1.72 bits per heavy atom. The van der Waals surface area contributed by atoms with Crippen LogP contribution in [0.15, 0.2) is 0 Å². The van der Waals surface area contributed by atoms with E-state index in [2.05, 4.69) is 0 Å². The number of ether oxygens (including phenoxy) is 1. The summed E-state index contributed by atoms with van der Waals surface area (Å²) in [6, 6.07) is -0.268. The molecule has 0 aliphatic carbocycles. The van der Waals surface area contributed by atoms with Crippen LogP contribution in [0.2, 0.25) is 0 Å². The van der Waals surface area contributed by atoms with Gasteiger partial charge in [-0.2, -0.15) is 4.79 Å². The van der Waals surface area contributed by atoms with Crippen LogP contribution in [-0.4, -0.2) is 60.7 Å². The van der Waals surface area contributed by atoms with Crippen molar-refractivity contribution in [3.8, 4) is 0 Å². The number of hydrogen-bond acceptors (Lipinski definition) is 3. The number of hydrogen-bond donors (Lipinski definition) is 0. The number of carbonyl (C=O) groups is 2. The summed E-state index contributed by atoms with van der Waals surface area (Å²) >= 11 is 0. The monoisotopic (exact) mass is 255 g/mol. The zero-order valence-corrected chi connectivity index (χ0v) is 11.5. The first kappa shape index (κ1) is 13.3. The number of amides is 2. The van der Waals surface area contributed by atoms with Gasteiger partial charge in [0.05, 0.1) is 7.11 Å². The maximum Gasteiger partial charge on any atom is 0.516 e. The van der Waals surface area contributed by atoms with Crippen molar-refractivity contribution in [3.05, 3.63) is 0 Å². The first-order valence-electron chi connectivity index (χ1n) is 6.77. The van der Waals surface area contributed by atoms with E-state index in [1.807, 2.05) is 18.7 Å². The van der Waals surface area contributed by atoms with Gasteiger partial charge < -0.3 is 9.64 Å². The molecule has 102 valence electrons. The Morgan fingerprint density at radius 1 is 1.17 bits per heavy atom. The SMILES string of the molecule is COC(=O)[N+]1(C(C(=O)N2CCCC2)C(C)C)CC1. The van der Waals surface area contributed by atoms with Crippen LogP contribution in [0.5, 0.6) is 0 Å². The first-order chi connectivity index (χ1) is 8.53. The van der Waals surface area contributed by atoms with E-state index >= 15 is 0 Å². The van der Waals surface area contributed by atoms with Gasteiger partial charge in [-0.25, -0.2) is 4.48 Å². The van der Waals surface area contributed by atoms with Crippen molar-refractivity contribution in [1.82, 2.24) is 4.90 Å². The van der Waals surface area contributed by atoms with Gasteiger partial charge in [-0.1, -0.05) is 13.8 Å². The maximum absolute atomic E-state index is 12.6. The Labute approximate surface area is 108 Å². The molecule has 0 bridgehead atoms. The highest BCUT2D eigenvalue weighted by molar-refractivity contribution is 5.83. The molecule has 2 amide bonds. The second-order valence-corrected chi connectivity index (χ2v) is 5.67. The van der Waals surface area contributed by atoms with Crippen molar-refractivity contribution in [2.45, 2.75) is 32.7 Å². The molecular weight excluding hydrogens is 232 g/mol. The summed E-state index contributed by atoms with van der Waals surface area (Å²) < 4.78 is 5.08. The number of methoxy groups -OCH3 is 1. The van der Waals surface area contributed by atoms with Gasteiger partial charge in [0.2, 0.25) is 0 Å². The molecule has 0 aromatic carbocycles. The molecule has 0 aromatic rings. The Kier molecular flexibility index (Phi) is 3.61.